The predicted octanol–water partition coefficient (Wildman–Crippen LogP) is 10.2. The minimum atomic E-state index is -0.651. The quantitative estimate of drug-likeness (QED) is 0.0457. The van der Waals surface area contributed by atoms with Gasteiger partial charge in [0.05, 0.1) is 0 Å². The van der Waals surface area contributed by atoms with Gasteiger partial charge in [0.15, 0.2) is 0 Å². The molecular weight excluding hydrogens is 717 g/mol. The molecule has 0 heterocycles. The fourth-order valence-corrected chi connectivity index (χ4v) is 7.42. The van der Waals surface area contributed by atoms with Crippen molar-refractivity contribution in [2.75, 3.05) is 13.1 Å². The van der Waals surface area contributed by atoms with E-state index in [2.05, 4.69) is 146 Å². The van der Waals surface area contributed by atoms with Crippen LogP contribution in [0.5, 0.6) is 11.5 Å². The summed E-state index contributed by atoms with van der Waals surface area (Å²) in [4.78, 5) is 25.0. The third-order valence-electron chi connectivity index (χ3n) is 10.4. The van der Waals surface area contributed by atoms with Gasteiger partial charge in [-0.3, -0.25) is 0 Å². The number of benzene rings is 6. The van der Waals surface area contributed by atoms with Crippen LogP contribution in [0.3, 0.4) is 0 Å². The van der Waals surface area contributed by atoms with Gasteiger partial charge in [-0.05, 0) is 110 Å². The highest BCUT2D eigenvalue weighted by atomic mass is 16.5. The maximum atomic E-state index is 12.5. The molecule has 296 valence electrons. The van der Waals surface area contributed by atoms with E-state index in [1.807, 2.05) is 24.3 Å². The topological polar surface area (TPSA) is 76.7 Å². The van der Waals surface area contributed by atoms with Crippen LogP contribution in [0.4, 0.5) is 0 Å². The summed E-state index contributed by atoms with van der Waals surface area (Å²) in [6, 6.07) is 58.1. The van der Waals surface area contributed by atoms with Gasteiger partial charge in [-0.15, -0.1) is 0 Å². The number of rotatable bonds is 20. The highest BCUT2D eigenvalue weighted by Crippen LogP contribution is 2.29. The lowest BCUT2D eigenvalue weighted by molar-refractivity contribution is -0.131. The summed E-state index contributed by atoms with van der Waals surface area (Å²) in [6.07, 6.45) is 5.83. The first kappa shape index (κ1) is 41.6. The van der Waals surface area contributed by atoms with Crippen LogP contribution in [-0.4, -0.2) is 37.1 Å². The average molecular weight is 771 g/mol. The Labute approximate surface area is 344 Å². The molecule has 0 aliphatic carbocycles. The first-order chi connectivity index (χ1) is 28.4. The molecule has 0 aliphatic rings. The zero-order valence-corrected chi connectivity index (χ0v) is 33.5. The van der Waals surface area contributed by atoms with Crippen molar-refractivity contribution >= 4 is 11.9 Å². The van der Waals surface area contributed by atoms with Crippen molar-refractivity contribution in [1.29, 1.82) is 0 Å². The van der Waals surface area contributed by atoms with E-state index in [0.29, 0.717) is 23.3 Å². The Morgan fingerprint density at radius 2 is 0.741 bits per heavy atom. The minimum Gasteiger partial charge on any atom is -0.423 e. The van der Waals surface area contributed by atoms with Gasteiger partial charge >= 0.3 is 11.9 Å². The molecule has 2 unspecified atom stereocenters. The van der Waals surface area contributed by atoms with Gasteiger partial charge < -0.3 is 20.1 Å². The molecule has 6 aromatic rings. The Balaban J connectivity index is 0.887. The largest absolute Gasteiger partial charge is 0.423 e. The van der Waals surface area contributed by atoms with Crippen molar-refractivity contribution in [2.45, 2.75) is 63.5 Å². The molecule has 2 atom stereocenters. The zero-order chi connectivity index (χ0) is 40.4. The number of nitrogens with one attached hydrogen (secondary N) is 2. The van der Waals surface area contributed by atoms with E-state index in [-0.39, 0.29) is 12.1 Å². The molecule has 0 saturated heterocycles. The standard InChI is InChI=1S/C52H54N2O4/c1-39(53-35-33-49(43-15-7-3-8-16-43)44-17-9-4-10-18-44)37-41-23-27-47(28-24-41)57-51(55)31-32-52(56)58-48-29-25-42(26-30-48)38-40(2)54-36-34-50(45-19-11-5-12-20-45)46-21-13-6-14-22-46/h3-32,39-40,49-50,53-54H,33-38H2,1-2H3/b32-31-. The smallest absolute Gasteiger partial charge is 0.336 e. The van der Waals surface area contributed by atoms with Gasteiger partial charge in [0.1, 0.15) is 11.5 Å². The summed E-state index contributed by atoms with van der Waals surface area (Å²) in [7, 11) is 0. The molecule has 0 radical (unpaired) electrons. The van der Waals surface area contributed by atoms with Crippen LogP contribution in [0, 0.1) is 0 Å². The first-order valence-electron chi connectivity index (χ1n) is 20.4. The maximum Gasteiger partial charge on any atom is 0.336 e. The normalized spacial score (nSPS) is 12.4. The summed E-state index contributed by atoms with van der Waals surface area (Å²) >= 11 is 0. The molecule has 58 heavy (non-hydrogen) atoms. The van der Waals surface area contributed by atoms with Gasteiger partial charge in [0.25, 0.3) is 0 Å². The predicted molar refractivity (Wildman–Crippen MR) is 234 cm³/mol. The second kappa shape index (κ2) is 22.0. The second-order valence-electron chi connectivity index (χ2n) is 14.9. The van der Waals surface area contributed by atoms with Crippen molar-refractivity contribution < 1.29 is 19.1 Å². The summed E-state index contributed by atoms with van der Waals surface area (Å²) in [5.74, 6) is 0.178. The Morgan fingerprint density at radius 3 is 1.03 bits per heavy atom. The molecule has 0 aliphatic heterocycles. The molecule has 0 fully saturated rings. The van der Waals surface area contributed by atoms with Gasteiger partial charge in [-0.2, -0.15) is 0 Å². The monoisotopic (exact) mass is 770 g/mol. The summed E-state index contributed by atoms with van der Waals surface area (Å²) < 4.78 is 10.9. The summed E-state index contributed by atoms with van der Waals surface area (Å²) in [5, 5.41) is 7.36. The lowest BCUT2D eigenvalue weighted by atomic mass is 9.88. The van der Waals surface area contributed by atoms with E-state index in [9.17, 15) is 9.59 Å². The molecule has 6 aromatic carbocycles. The van der Waals surface area contributed by atoms with Gasteiger partial charge in [-0.1, -0.05) is 146 Å². The Hall–Kier alpha value is -6.08. The van der Waals surface area contributed by atoms with Crippen molar-refractivity contribution in [3.05, 3.63) is 215 Å². The first-order valence-corrected chi connectivity index (χ1v) is 20.4. The van der Waals surface area contributed by atoms with E-state index < -0.39 is 11.9 Å². The van der Waals surface area contributed by atoms with Gasteiger partial charge in [0.2, 0.25) is 0 Å². The average Bonchev–Trinajstić information content (AvgIpc) is 3.26. The number of ether oxygens (including phenoxy) is 2. The molecule has 6 heteroatoms. The fraction of sp³-hybridized carbons (Fsp3) is 0.231. The van der Waals surface area contributed by atoms with E-state index in [4.69, 9.17) is 9.47 Å². The van der Waals surface area contributed by atoms with E-state index >= 15 is 0 Å². The number of carbonyl (C=O) groups is 2. The van der Waals surface area contributed by atoms with Gasteiger partial charge in [0, 0.05) is 36.1 Å². The second-order valence-corrected chi connectivity index (χ2v) is 14.9. The Morgan fingerprint density at radius 1 is 0.448 bits per heavy atom. The van der Waals surface area contributed by atoms with E-state index in [1.165, 1.54) is 22.3 Å². The third-order valence-corrected chi connectivity index (χ3v) is 10.4. The van der Waals surface area contributed by atoms with Crippen LogP contribution in [0.15, 0.2) is 182 Å². The molecule has 0 aromatic heterocycles. The molecule has 6 nitrogen and oxygen atoms in total. The van der Waals surface area contributed by atoms with Crippen molar-refractivity contribution in [1.82, 2.24) is 10.6 Å². The summed E-state index contributed by atoms with van der Waals surface area (Å²) in [6.45, 7) is 6.13. The van der Waals surface area contributed by atoms with Crippen molar-refractivity contribution in [2.24, 2.45) is 0 Å². The number of esters is 2. The maximum absolute atomic E-state index is 12.5. The van der Waals surface area contributed by atoms with Crippen LogP contribution < -0.4 is 20.1 Å². The van der Waals surface area contributed by atoms with Crippen molar-refractivity contribution in [3.63, 3.8) is 0 Å². The highest BCUT2D eigenvalue weighted by Gasteiger charge is 2.16. The fourth-order valence-electron chi connectivity index (χ4n) is 7.42. The van der Waals surface area contributed by atoms with E-state index in [1.54, 1.807) is 24.3 Å². The number of hydrogen-bond acceptors (Lipinski definition) is 6. The van der Waals surface area contributed by atoms with Crippen LogP contribution in [-0.2, 0) is 22.4 Å². The molecule has 0 saturated carbocycles. The third kappa shape index (κ3) is 13.3. The van der Waals surface area contributed by atoms with Crippen LogP contribution in [0.2, 0.25) is 0 Å². The van der Waals surface area contributed by atoms with Crippen LogP contribution >= 0.6 is 0 Å². The number of hydrogen-bond donors (Lipinski definition) is 2. The SMILES string of the molecule is CC(Cc1ccc(OC(=O)/C=C\C(=O)Oc2ccc(CC(C)NCCC(c3ccccc3)c3ccccc3)cc2)cc1)NCCC(c1ccccc1)c1ccccc1. The van der Waals surface area contributed by atoms with Crippen molar-refractivity contribution in [3.8, 4) is 11.5 Å². The molecule has 0 amide bonds. The van der Waals surface area contributed by atoms with Gasteiger partial charge in [-0.25, -0.2) is 9.59 Å². The lowest BCUT2D eigenvalue weighted by Gasteiger charge is -2.20. The molecule has 6 rings (SSSR count). The Kier molecular flexibility index (Phi) is 15.8. The molecule has 0 spiro atoms. The molecule has 2 N–H and O–H groups in total. The van der Waals surface area contributed by atoms with Crippen LogP contribution in [0.25, 0.3) is 0 Å². The number of carbonyl (C=O) groups excluding carboxylic acids is 2. The molecule has 0 bridgehead atoms. The van der Waals surface area contributed by atoms with E-state index in [0.717, 1.165) is 62.1 Å². The highest BCUT2D eigenvalue weighted by molar-refractivity contribution is 5.93. The van der Waals surface area contributed by atoms with Crippen LogP contribution in [0.1, 0.15) is 71.9 Å². The minimum absolute atomic E-state index is 0.264. The lowest BCUT2D eigenvalue weighted by Crippen LogP contribution is -2.30. The zero-order valence-electron chi connectivity index (χ0n) is 33.5. The summed E-state index contributed by atoms with van der Waals surface area (Å²) in [5.41, 5.74) is 7.56. The molecular formula is C52H54N2O4. The Bertz CT molecular complexity index is 1900.